The van der Waals surface area contributed by atoms with Crippen molar-refractivity contribution in [2.75, 3.05) is 12.5 Å². The molecule has 2 nitrogen and oxygen atoms in total. The third-order valence-electron chi connectivity index (χ3n) is 1.69. The molecule has 0 radical (unpaired) electrons. The van der Waals surface area contributed by atoms with Crippen LogP contribution in [-0.4, -0.2) is 22.3 Å². The normalized spacial score (nSPS) is 13.8. The third-order valence-corrected chi connectivity index (χ3v) is 3.68. The molecule has 1 aromatic heterocycles. The molecule has 0 saturated heterocycles. The van der Waals surface area contributed by atoms with Gasteiger partial charge in [-0.25, -0.2) is 8.78 Å². The SMILES string of the molecule is Cn1ncc(S(C)(C)S)c1C(F)F. The Hall–Kier alpha value is -0.230. The van der Waals surface area contributed by atoms with E-state index in [0.29, 0.717) is 4.90 Å². The molecular formula is C7H12F2N2S2. The molecule has 0 atom stereocenters. The standard InChI is InChI=1S/C7H12F2N2S2/c1-11-6(7(8)9)5(4-10-11)13(2,3)12/h4,7,12H,1-3H3. The molecule has 0 unspecified atom stereocenters. The summed E-state index contributed by atoms with van der Waals surface area (Å²) >= 11 is 4.32. The highest BCUT2D eigenvalue weighted by molar-refractivity contribution is 8.87. The van der Waals surface area contributed by atoms with Crippen LogP contribution >= 0.6 is 20.7 Å². The van der Waals surface area contributed by atoms with Crippen LogP contribution in [0.2, 0.25) is 0 Å². The van der Waals surface area contributed by atoms with E-state index in [4.69, 9.17) is 0 Å². The first-order valence-electron chi connectivity index (χ1n) is 3.60. The summed E-state index contributed by atoms with van der Waals surface area (Å²) in [5.74, 6) is 0. The second-order valence-electron chi connectivity index (χ2n) is 3.09. The number of aryl methyl sites for hydroxylation is 1. The Morgan fingerprint density at radius 1 is 1.54 bits per heavy atom. The summed E-state index contributed by atoms with van der Waals surface area (Å²) in [5, 5.41) is 3.81. The molecule has 0 aliphatic rings. The number of aromatic nitrogens is 2. The lowest BCUT2D eigenvalue weighted by Crippen LogP contribution is -2.01. The molecule has 0 spiro atoms. The zero-order valence-corrected chi connectivity index (χ0v) is 9.37. The zero-order valence-electron chi connectivity index (χ0n) is 7.66. The molecule has 0 amide bonds. The molecule has 76 valence electrons. The number of hydrogen-bond acceptors (Lipinski definition) is 2. The minimum absolute atomic E-state index is 0.0185. The fourth-order valence-corrected chi connectivity index (χ4v) is 2.52. The van der Waals surface area contributed by atoms with E-state index >= 15 is 0 Å². The molecule has 0 bridgehead atoms. The molecule has 0 N–H and O–H groups in total. The maximum atomic E-state index is 12.6. The molecule has 13 heavy (non-hydrogen) atoms. The van der Waals surface area contributed by atoms with Crippen molar-refractivity contribution < 1.29 is 8.78 Å². The van der Waals surface area contributed by atoms with Gasteiger partial charge in [-0.05, 0) is 12.5 Å². The number of rotatable bonds is 2. The highest BCUT2D eigenvalue weighted by Gasteiger charge is 2.24. The lowest BCUT2D eigenvalue weighted by atomic mass is 10.4. The Morgan fingerprint density at radius 3 is 2.38 bits per heavy atom. The molecule has 0 aliphatic heterocycles. The summed E-state index contributed by atoms with van der Waals surface area (Å²) in [7, 11) is 0.0913. The van der Waals surface area contributed by atoms with E-state index in [9.17, 15) is 8.78 Å². The molecule has 0 fully saturated rings. The summed E-state index contributed by atoms with van der Waals surface area (Å²) in [6.45, 7) is 0. The first-order valence-corrected chi connectivity index (χ1v) is 7.10. The van der Waals surface area contributed by atoms with Crippen LogP contribution in [0.3, 0.4) is 0 Å². The molecule has 0 aromatic carbocycles. The number of alkyl halides is 2. The summed E-state index contributed by atoms with van der Waals surface area (Å²) in [6, 6.07) is 0. The van der Waals surface area contributed by atoms with Gasteiger partial charge >= 0.3 is 0 Å². The van der Waals surface area contributed by atoms with Crippen LogP contribution < -0.4 is 0 Å². The van der Waals surface area contributed by atoms with Gasteiger partial charge in [0.15, 0.2) is 0 Å². The molecule has 0 saturated carbocycles. The zero-order chi connectivity index (χ0) is 10.2. The topological polar surface area (TPSA) is 17.8 Å². The van der Waals surface area contributed by atoms with Gasteiger partial charge in [0.2, 0.25) is 0 Å². The van der Waals surface area contributed by atoms with E-state index in [2.05, 4.69) is 16.8 Å². The smallest absolute Gasteiger partial charge is 0.266 e. The average Bonchev–Trinajstić information content (AvgIpc) is 2.28. The Kier molecular flexibility index (Phi) is 2.91. The van der Waals surface area contributed by atoms with Crippen LogP contribution in [-0.2, 0) is 7.05 Å². The Bertz CT molecular complexity index is 304. The average molecular weight is 226 g/mol. The minimum Gasteiger partial charge on any atom is -0.266 e. The quantitative estimate of drug-likeness (QED) is 0.606. The molecule has 1 rings (SSSR count). The molecule has 1 heterocycles. The Morgan fingerprint density at radius 2 is 2.08 bits per heavy atom. The predicted molar refractivity (Wildman–Crippen MR) is 54.9 cm³/mol. The highest BCUT2D eigenvalue weighted by Crippen LogP contribution is 2.55. The van der Waals surface area contributed by atoms with Crippen molar-refractivity contribution in [3.05, 3.63) is 11.9 Å². The predicted octanol–water partition coefficient (Wildman–Crippen LogP) is 2.63. The second-order valence-corrected chi connectivity index (χ2v) is 8.82. The van der Waals surface area contributed by atoms with Gasteiger partial charge < -0.3 is 0 Å². The first kappa shape index (κ1) is 10.8. The Labute approximate surface area is 82.4 Å². The van der Waals surface area contributed by atoms with E-state index < -0.39 is 15.5 Å². The first-order chi connectivity index (χ1) is 5.84. The lowest BCUT2D eigenvalue weighted by molar-refractivity contribution is 0.137. The largest absolute Gasteiger partial charge is 0.281 e. The van der Waals surface area contributed by atoms with Crippen LogP contribution in [0.25, 0.3) is 0 Å². The maximum absolute atomic E-state index is 12.6. The molecule has 1 aromatic rings. The van der Waals surface area contributed by atoms with Gasteiger partial charge in [-0.15, -0.1) is 11.7 Å². The van der Waals surface area contributed by atoms with Crippen molar-refractivity contribution >= 4 is 20.7 Å². The van der Waals surface area contributed by atoms with Crippen molar-refractivity contribution in [1.29, 1.82) is 0 Å². The lowest BCUT2D eigenvalue weighted by Gasteiger charge is -2.23. The Balaban J connectivity index is 3.23. The summed E-state index contributed by atoms with van der Waals surface area (Å²) in [4.78, 5) is 0.563. The van der Waals surface area contributed by atoms with Gasteiger partial charge in [0.05, 0.1) is 6.20 Å². The summed E-state index contributed by atoms with van der Waals surface area (Å²) in [6.07, 6.45) is 2.68. The van der Waals surface area contributed by atoms with Crippen LogP contribution in [0.5, 0.6) is 0 Å². The third kappa shape index (κ3) is 2.17. The number of nitrogens with zero attached hydrogens (tertiary/aromatic N) is 2. The van der Waals surface area contributed by atoms with Gasteiger partial charge in [0.1, 0.15) is 5.69 Å². The molecule has 6 heteroatoms. The van der Waals surface area contributed by atoms with E-state index in [0.717, 1.165) is 0 Å². The van der Waals surface area contributed by atoms with Crippen LogP contribution in [0.1, 0.15) is 12.1 Å². The van der Waals surface area contributed by atoms with Gasteiger partial charge in [-0.3, -0.25) is 4.68 Å². The van der Waals surface area contributed by atoms with Crippen molar-refractivity contribution in [2.45, 2.75) is 11.3 Å². The van der Waals surface area contributed by atoms with Gasteiger partial charge in [0, 0.05) is 11.9 Å². The minimum atomic E-state index is -2.48. The van der Waals surface area contributed by atoms with Crippen LogP contribution in [0.4, 0.5) is 8.78 Å². The summed E-state index contributed by atoms with van der Waals surface area (Å²) < 4.78 is 26.4. The van der Waals surface area contributed by atoms with Crippen molar-refractivity contribution in [3.8, 4) is 0 Å². The summed E-state index contributed by atoms with van der Waals surface area (Å²) in [5.41, 5.74) is -0.0185. The number of halogens is 2. The van der Waals surface area contributed by atoms with Gasteiger partial charge in [-0.2, -0.15) is 14.2 Å². The maximum Gasteiger partial charge on any atom is 0.281 e. The number of hydrogen-bond donors (Lipinski definition) is 1. The van der Waals surface area contributed by atoms with Crippen molar-refractivity contribution in [3.63, 3.8) is 0 Å². The molecular weight excluding hydrogens is 214 g/mol. The van der Waals surface area contributed by atoms with Crippen LogP contribution in [0, 0.1) is 0 Å². The fourth-order valence-electron chi connectivity index (χ4n) is 1.06. The van der Waals surface area contributed by atoms with E-state index in [-0.39, 0.29) is 5.69 Å². The monoisotopic (exact) mass is 226 g/mol. The van der Waals surface area contributed by atoms with Gasteiger partial charge in [-0.1, -0.05) is 0 Å². The van der Waals surface area contributed by atoms with Crippen molar-refractivity contribution in [1.82, 2.24) is 9.78 Å². The number of thiol groups is 1. The molecule has 0 aliphatic carbocycles. The second kappa shape index (κ2) is 3.49. The van der Waals surface area contributed by atoms with Crippen molar-refractivity contribution in [2.24, 2.45) is 7.05 Å². The van der Waals surface area contributed by atoms with Crippen LogP contribution in [0.15, 0.2) is 11.1 Å². The van der Waals surface area contributed by atoms with E-state index in [1.165, 1.54) is 17.9 Å². The van der Waals surface area contributed by atoms with E-state index in [1.807, 2.05) is 12.5 Å². The fraction of sp³-hybridized carbons (Fsp3) is 0.571. The van der Waals surface area contributed by atoms with E-state index in [1.54, 1.807) is 0 Å². The van der Waals surface area contributed by atoms with Gasteiger partial charge in [0.25, 0.3) is 6.43 Å². The highest BCUT2D eigenvalue weighted by atomic mass is 33.1.